The zero-order valence-corrected chi connectivity index (χ0v) is 25.3. The molecule has 1 aromatic heterocycles. The summed E-state index contributed by atoms with van der Waals surface area (Å²) in [6.07, 6.45) is 7.23. The van der Waals surface area contributed by atoms with E-state index < -0.39 is 12.0 Å². The Morgan fingerprint density at radius 2 is 1.90 bits per heavy atom. The van der Waals surface area contributed by atoms with Gasteiger partial charge in [-0.2, -0.15) is 11.8 Å². The molecule has 224 valence electrons. The maximum Gasteiger partial charge on any atom is 0.255 e. The quantitative estimate of drug-likeness (QED) is 0.375. The van der Waals surface area contributed by atoms with Crippen LogP contribution in [0, 0.1) is 18.8 Å². The molecule has 0 bridgehead atoms. The summed E-state index contributed by atoms with van der Waals surface area (Å²) in [6.45, 7) is 6.23. The van der Waals surface area contributed by atoms with Crippen LogP contribution >= 0.6 is 11.8 Å². The minimum Gasteiger partial charge on any atom is -0.490 e. The summed E-state index contributed by atoms with van der Waals surface area (Å²) < 4.78 is 40.6. The van der Waals surface area contributed by atoms with Crippen LogP contribution < -0.4 is 15.4 Å². The van der Waals surface area contributed by atoms with Crippen molar-refractivity contribution in [2.45, 2.75) is 88.7 Å². The van der Waals surface area contributed by atoms with E-state index in [1.807, 2.05) is 44.4 Å². The molecule has 1 aliphatic heterocycles. The Kier molecular flexibility index (Phi) is 8.71. The summed E-state index contributed by atoms with van der Waals surface area (Å²) in [5.41, 5.74) is 3.11. The number of carbonyl (C=O) groups excluding carboxylic acids is 2. The first kappa shape index (κ1) is 29.9. The van der Waals surface area contributed by atoms with Gasteiger partial charge in [0, 0.05) is 60.1 Å². The molecule has 1 aromatic carbocycles. The molecule has 41 heavy (non-hydrogen) atoms. The van der Waals surface area contributed by atoms with Gasteiger partial charge in [0.25, 0.3) is 11.8 Å². The van der Waals surface area contributed by atoms with E-state index in [1.165, 1.54) is 0 Å². The van der Waals surface area contributed by atoms with E-state index in [0.29, 0.717) is 23.3 Å². The molecule has 2 aromatic rings. The lowest BCUT2D eigenvalue weighted by atomic mass is 9.83. The highest BCUT2D eigenvalue weighted by Gasteiger charge is 2.47. The number of alkyl halides is 2. The minimum absolute atomic E-state index is 0.0330. The predicted molar refractivity (Wildman–Crippen MR) is 158 cm³/mol. The number of ether oxygens (including phenoxy) is 2. The van der Waals surface area contributed by atoms with E-state index in [4.69, 9.17) is 9.47 Å². The second kappa shape index (κ2) is 12.0. The summed E-state index contributed by atoms with van der Waals surface area (Å²) in [5, 5.41) is 6.61. The van der Waals surface area contributed by atoms with Crippen LogP contribution in [0.4, 0.5) is 8.78 Å². The van der Waals surface area contributed by atoms with E-state index >= 15 is 0 Å². The van der Waals surface area contributed by atoms with Gasteiger partial charge in [-0.05, 0) is 76.8 Å². The molecule has 3 aliphatic rings. The third-order valence-electron chi connectivity index (χ3n) is 9.17. The fourth-order valence-corrected chi connectivity index (χ4v) is 7.67. The predicted octanol–water partition coefficient (Wildman–Crippen LogP) is 6.00. The average Bonchev–Trinajstić information content (AvgIpc) is 3.21. The number of hydrogen-bond acceptors (Lipinski definition) is 5. The molecule has 3 atom stereocenters. The van der Waals surface area contributed by atoms with Gasteiger partial charge >= 0.3 is 0 Å². The molecule has 0 spiro atoms. The zero-order chi connectivity index (χ0) is 29.5. The van der Waals surface area contributed by atoms with E-state index in [0.717, 1.165) is 48.0 Å². The molecule has 2 amide bonds. The number of fused-ring (bicyclic) bond motifs is 1. The molecule has 7 nitrogen and oxygen atoms in total. The third-order valence-corrected chi connectivity index (χ3v) is 10.2. The Hall–Kier alpha value is -2.59. The van der Waals surface area contributed by atoms with Gasteiger partial charge in [0.1, 0.15) is 11.9 Å². The average molecular weight is 590 g/mol. The second-order valence-corrected chi connectivity index (χ2v) is 12.9. The van der Waals surface area contributed by atoms with Gasteiger partial charge in [-0.3, -0.25) is 9.59 Å². The highest BCUT2D eigenvalue weighted by molar-refractivity contribution is 7.99. The fourth-order valence-electron chi connectivity index (χ4n) is 6.78. The summed E-state index contributed by atoms with van der Waals surface area (Å²) >= 11 is 1.58. The van der Waals surface area contributed by atoms with Crippen LogP contribution in [0.15, 0.2) is 30.0 Å². The summed E-state index contributed by atoms with van der Waals surface area (Å²) in [6, 6.07) is 5.71. The summed E-state index contributed by atoms with van der Waals surface area (Å²) in [7, 11) is 1.77. The van der Waals surface area contributed by atoms with Crippen molar-refractivity contribution in [1.82, 2.24) is 15.2 Å². The Morgan fingerprint density at radius 3 is 2.54 bits per heavy atom. The van der Waals surface area contributed by atoms with Gasteiger partial charge in [-0.25, -0.2) is 8.78 Å². The van der Waals surface area contributed by atoms with Crippen molar-refractivity contribution in [2.24, 2.45) is 11.8 Å². The molecule has 2 aliphatic carbocycles. The molecule has 2 fully saturated rings. The Morgan fingerprint density at radius 1 is 1.20 bits per heavy atom. The van der Waals surface area contributed by atoms with Gasteiger partial charge in [0.15, 0.2) is 0 Å². The van der Waals surface area contributed by atoms with Gasteiger partial charge in [-0.1, -0.05) is 6.08 Å². The Balaban J connectivity index is 1.44. The number of rotatable bonds is 9. The van der Waals surface area contributed by atoms with E-state index in [-0.39, 0.29) is 48.4 Å². The lowest BCUT2D eigenvalue weighted by Gasteiger charge is -2.35. The number of hydrogen-bond donors (Lipinski definition) is 2. The lowest BCUT2D eigenvalue weighted by molar-refractivity contribution is -0.134. The maximum absolute atomic E-state index is 13.8. The largest absolute Gasteiger partial charge is 0.490 e. The van der Waals surface area contributed by atoms with E-state index in [9.17, 15) is 18.4 Å². The molecule has 0 saturated heterocycles. The van der Waals surface area contributed by atoms with Gasteiger partial charge in [-0.15, -0.1) is 0 Å². The van der Waals surface area contributed by atoms with Crippen molar-refractivity contribution in [3.63, 3.8) is 0 Å². The first-order valence-electron chi connectivity index (χ1n) is 14.5. The van der Waals surface area contributed by atoms with Crippen LogP contribution in [0.1, 0.15) is 74.5 Å². The van der Waals surface area contributed by atoms with Crippen LogP contribution in [0.5, 0.6) is 5.75 Å². The standard InChI is InChI=1S/C31H41F2N3O4S/c1-17-12-27(41-5)25(29(37)35-17)16-34-30(38)28-19(3)36(18(2)20-6-8-21(39-4)9-7-20)26-11-10-22(13-24(26)28)40-23-14-31(32,33)15-23/h10-13,18,20-21,23,25,27H,6-9,14-16H2,1-5H3,(H,34,38)(H,35,37)/t18-,20?,21?,25?,27?/m1/s1. The minimum atomic E-state index is -2.68. The fraction of sp³-hybridized carbons (Fsp3) is 0.613. The van der Waals surface area contributed by atoms with Crippen molar-refractivity contribution < 1.29 is 27.8 Å². The van der Waals surface area contributed by atoms with Crippen molar-refractivity contribution in [1.29, 1.82) is 0 Å². The summed E-state index contributed by atoms with van der Waals surface area (Å²) in [4.78, 5) is 26.6. The zero-order valence-electron chi connectivity index (χ0n) is 24.5. The molecule has 5 rings (SSSR count). The van der Waals surface area contributed by atoms with Crippen LogP contribution in [-0.2, 0) is 9.53 Å². The summed E-state index contributed by atoms with van der Waals surface area (Å²) in [5.74, 6) is -2.51. The second-order valence-electron chi connectivity index (χ2n) is 11.9. The van der Waals surface area contributed by atoms with Gasteiger partial charge < -0.3 is 24.7 Å². The number of methoxy groups -OCH3 is 1. The normalized spacial score (nSPS) is 27.1. The number of amides is 2. The topological polar surface area (TPSA) is 81.6 Å². The van der Waals surface area contributed by atoms with Crippen molar-refractivity contribution in [3.05, 3.63) is 41.2 Å². The molecule has 0 radical (unpaired) electrons. The Bertz CT molecular complexity index is 1330. The third kappa shape index (κ3) is 6.14. The molecule has 10 heteroatoms. The first-order valence-corrected chi connectivity index (χ1v) is 15.8. The SMILES string of the molecule is COC1CCC([C@@H](C)n2c(C)c(C(=O)NCC3C(=O)NC(C)=CC3SC)c3cc(OC4CC(F)(F)C4)ccc32)CC1. The van der Waals surface area contributed by atoms with Gasteiger partial charge in [0.2, 0.25) is 5.91 Å². The number of carbonyl (C=O) groups is 2. The molecular formula is C31H41F2N3O4S. The van der Waals surface area contributed by atoms with Crippen molar-refractivity contribution in [2.75, 3.05) is 19.9 Å². The van der Waals surface area contributed by atoms with Crippen molar-refractivity contribution in [3.8, 4) is 5.75 Å². The lowest BCUT2D eigenvalue weighted by Crippen LogP contribution is -2.45. The number of nitrogens with one attached hydrogen (secondary N) is 2. The van der Waals surface area contributed by atoms with Crippen LogP contribution in [0.2, 0.25) is 0 Å². The number of thioether (sulfide) groups is 1. The molecule has 2 heterocycles. The van der Waals surface area contributed by atoms with Crippen LogP contribution in [0.25, 0.3) is 10.9 Å². The monoisotopic (exact) mass is 589 g/mol. The molecule has 2 unspecified atom stereocenters. The smallest absolute Gasteiger partial charge is 0.255 e. The number of allylic oxidation sites excluding steroid dienone is 1. The van der Waals surface area contributed by atoms with Crippen LogP contribution in [-0.4, -0.2) is 59.7 Å². The number of halogens is 2. The number of benzene rings is 1. The van der Waals surface area contributed by atoms with Crippen LogP contribution in [0.3, 0.4) is 0 Å². The highest BCUT2D eigenvalue weighted by atomic mass is 32.2. The first-order chi connectivity index (χ1) is 19.5. The van der Waals surface area contributed by atoms with Gasteiger partial charge in [0.05, 0.1) is 17.6 Å². The maximum atomic E-state index is 13.8. The van der Waals surface area contributed by atoms with Crippen molar-refractivity contribution >= 4 is 34.5 Å². The molecule has 2 saturated carbocycles. The highest BCUT2D eigenvalue weighted by Crippen LogP contribution is 2.42. The number of nitrogens with zero attached hydrogens (tertiary/aromatic N) is 1. The molecular weight excluding hydrogens is 548 g/mol. The van der Waals surface area contributed by atoms with E-state index in [2.05, 4.69) is 22.1 Å². The molecule has 2 N–H and O–H groups in total. The van der Waals surface area contributed by atoms with E-state index in [1.54, 1.807) is 18.9 Å². The Labute approximate surface area is 244 Å². The number of aromatic nitrogens is 1.